The maximum atomic E-state index is 5.58. The van der Waals surface area contributed by atoms with Gasteiger partial charge in [0, 0.05) is 39.3 Å². The van der Waals surface area contributed by atoms with Crippen LogP contribution in [-0.2, 0) is 9.47 Å². The Bertz CT molecular complexity index is 419. The van der Waals surface area contributed by atoms with Crippen LogP contribution in [0, 0.1) is 6.92 Å². The molecule has 0 amide bonds. The molecule has 1 atom stereocenters. The fourth-order valence-corrected chi connectivity index (χ4v) is 2.14. The monoisotopic (exact) mass is 266 g/mol. The zero-order valence-electron chi connectivity index (χ0n) is 11.8. The first-order chi connectivity index (χ1) is 9.17. The summed E-state index contributed by atoms with van der Waals surface area (Å²) in [5.41, 5.74) is -0.239. The first kappa shape index (κ1) is 14.0. The molecule has 0 spiro atoms. The molecule has 6 heteroatoms. The second-order valence-electron chi connectivity index (χ2n) is 4.76. The first-order valence-corrected chi connectivity index (χ1v) is 6.64. The molecule has 1 aliphatic heterocycles. The van der Waals surface area contributed by atoms with E-state index in [1.807, 2.05) is 19.9 Å². The summed E-state index contributed by atoms with van der Waals surface area (Å²) in [5, 5.41) is 6.52. The van der Waals surface area contributed by atoms with Crippen molar-refractivity contribution in [2.45, 2.75) is 25.9 Å². The maximum Gasteiger partial charge on any atom is 0.131 e. The zero-order valence-corrected chi connectivity index (χ0v) is 11.8. The van der Waals surface area contributed by atoms with Gasteiger partial charge >= 0.3 is 0 Å². The van der Waals surface area contributed by atoms with Gasteiger partial charge in [0.15, 0.2) is 0 Å². The van der Waals surface area contributed by atoms with E-state index in [1.165, 1.54) is 0 Å². The number of hydrogen-bond acceptors (Lipinski definition) is 6. The topological polar surface area (TPSA) is 68.3 Å². The first-order valence-electron chi connectivity index (χ1n) is 6.64. The second kappa shape index (κ2) is 6.16. The van der Waals surface area contributed by atoms with Gasteiger partial charge in [0.25, 0.3) is 0 Å². The smallest absolute Gasteiger partial charge is 0.131 e. The molecule has 6 nitrogen and oxygen atoms in total. The van der Waals surface area contributed by atoms with E-state index in [2.05, 4.69) is 20.6 Å². The van der Waals surface area contributed by atoms with E-state index >= 15 is 0 Å². The summed E-state index contributed by atoms with van der Waals surface area (Å²) in [6.07, 6.45) is 0.903. The van der Waals surface area contributed by atoms with Crippen molar-refractivity contribution in [1.29, 1.82) is 0 Å². The highest BCUT2D eigenvalue weighted by molar-refractivity contribution is 5.47. The van der Waals surface area contributed by atoms with E-state index in [0.717, 1.165) is 37.0 Å². The van der Waals surface area contributed by atoms with Gasteiger partial charge in [0.1, 0.15) is 23.1 Å². The summed E-state index contributed by atoms with van der Waals surface area (Å²) in [4.78, 5) is 8.71. The van der Waals surface area contributed by atoms with Gasteiger partial charge in [-0.05, 0) is 13.8 Å². The van der Waals surface area contributed by atoms with E-state index in [1.54, 1.807) is 7.11 Å². The summed E-state index contributed by atoms with van der Waals surface area (Å²) in [6, 6.07) is 1.91. The Morgan fingerprint density at radius 1 is 1.37 bits per heavy atom. The lowest BCUT2D eigenvalue weighted by atomic mass is 10.0. The minimum absolute atomic E-state index is 0.239. The number of methoxy groups -OCH3 is 1. The van der Waals surface area contributed by atoms with Gasteiger partial charge in [-0.2, -0.15) is 0 Å². The van der Waals surface area contributed by atoms with Crippen molar-refractivity contribution in [3.8, 4) is 0 Å². The van der Waals surface area contributed by atoms with Gasteiger partial charge in [-0.1, -0.05) is 0 Å². The van der Waals surface area contributed by atoms with Crippen molar-refractivity contribution in [1.82, 2.24) is 9.97 Å². The van der Waals surface area contributed by atoms with E-state index in [4.69, 9.17) is 9.47 Å². The van der Waals surface area contributed by atoms with Crippen LogP contribution in [0.15, 0.2) is 6.07 Å². The van der Waals surface area contributed by atoms with Crippen LogP contribution < -0.4 is 10.6 Å². The Kier molecular flexibility index (Phi) is 4.55. The molecule has 1 aliphatic rings. The molecule has 0 aromatic carbocycles. The molecule has 1 aromatic rings. The van der Waals surface area contributed by atoms with Gasteiger partial charge in [0.2, 0.25) is 0 Å². The number of aromatic nitrogens is 2. The zero-order chi connectivity index (χ0) is 13.7. The van der Waals surface area contributed by atoms with Crippen molar-refractivity contribution >= 4 is 11.6 Å². The van der Waals surface area contributed by atoms with Gasteiger partial charge in [-0.25, -0.2) is 9.97 Å². The van der Waals surface area contributed by atoms with Crippen molar-refractivity contribution in [3.63, 3.8) is 0 Å². The lowest BCUT2D eigenvalue weighted by molar-refractivity contribution is -0.00625. The minimum atomic E-state index is -0.239. The summed E-state index contributed by atoms with van der Waals surface area (Å²) in [5.74, 6) is 2.40. The molecule has 0 saturated carbocycles. The van der Waals surface area contributed by atoms with Crippen molar-refractivity contribution < 1.29 is 9.47 Å². The molecule has 2 N–H and O–H groups in total. The maximum absolute atomic E-state index is 5.58. The normalized spacial score (nSPS) is 22.5. The average Bonchev–Trinajstić information content (AvgIpc) is 2.86. The van der Waals surface area contributed by atoms with E-state index in [9.17, 15) is 0 Å². The number of nitrogens with one attached hydrogen (secondary N) is 2. The van der Waals surface area contributed by atoms with Gasteiger partial charge in [-0.3, -0.25) is 0 Å². The van der Waals surface area contributed by atoms with Crippen LogP contribution in [0.4, 0.5) is 11.6 Å². The number of aryl methyl sites for hydroxylation is 1. The molecule has 19 heavy (non-hydrogen) atoms. The third-order valence-corrected chi connectivity index (χ3v) is 3.29. The van der Waals surface area contributed by atoms with Crippen LogP contribution in [0.1, 0.15) is 19.2 Å². The molecule has 1 unspecified atom stereocenters. The lowest BCUT2D eigenvalue weighted by Crippen LogP contribution is -2.39. The SMILES string of the molecule is CCNc1cc(NCC2(OC)CCOC2)nc(C)n1. The standard InChI is InChI=1S/C13H22N4O2/c1-4-14-11-7-12(17-10(2)16-11)15-8-13(18-3)5-6-19-9-13/h7H,4-6,8-9H2,1-3H3,(H2,14,15,16,17). The fourth-order valence-electron chi connectivity index (χ4n) is 2.14. The molecule has 1 aromatic heterocycles. The van der Waals surface area contributed by atoms with Gasteiger partial charge in [0.05, 0.1) is 6.61 Å². The quantitative estimate of drug-likeness (QED) is 0.812. The average molecular weight is 266 g/mol. The van der Waals surface area contributed by atoms with Crippen LogP contribution in [-0.4, -0.2) is 49.0 Å². The molecule has 2 rings (SSSR count). The van der Waals surface area contributed by atoms with E-state index < -0.39 is 0 Å². The van der Waals surface area contributed by atoms with Crippen molar-refractivity contribution in [2.24, 2.45) is 0 Å². The van der Waals surface area contributed by atoms with Crippen LogP contribution in [0.3, 0.4) is 0 Å². The van der Waals surface area contributed by atoms with Crippen LogP contribution in [0.5, 0.6) is 0 Å². The largest absolute Gasteiger partial charge is 0.378 e. The molecule has 106 valence electrons. The van der Waals surface area contributed by atoms with Gasteiger partial charge < -0.3 is 20.1 Å². The summed E-state index contributed by atoms with van der Waals surface area (Å²) >= 11 is 0. The Balaban J connectivity index is 2.02. The molecular formula is C13H22N4O2. The number of nitrogens with zero attached hydrogens (tertiary/aromatic N) is 2. The Morgan fingerprint density at radius 2 is 2.11 bits per heavy atom. The minimum Gasteiger partial charge on any atom is -0.378 e. The molecule has 0 radical (unpaired) electrons. The Hall–Kier alpha value is -1.40. The van der Waals surface area contributed by atoms with Crippen molar-refractivity contribution in [3.05, 3.63) is 11.9 Å². The van der Waals surface area contributed by atoms with Crippen LogP contribution in [0.2, 0.25) is 0 Å². The predicted molar refractivity (Wildman–Crippen MR) is 74.6 cm³/mol. The summed E-state index contributed by atoms with van der Waals surface area (Å²) in [6.45, 7) is 6.83. The molecule has 1 saturated heterocycles. The highest BCUT2D eigenvalue weighted by Gasteiger charge is 2.34. The number of ether oxygens (including phenoxy) is 2. The van der Waals surface area contributed by atoms with E-state index in [0.29, 0.717) is 13.2 Å². The van der Waals surface area contributed by atoms with Crippen molar-refractivity contribution in [2.75, 3.05) is 44.0 Å². The third kappa shape index (κ3) is 3.54. The molecule has 0 bridgehead atoms. The Morgan fingerprint density at radius 3 is 2.68 bits per heavy atom. The molecule has 2 heterocycles. The highest BCUT2D eigenvalue weighted by Crippen LogP contribution is 2.23. The number of hydrogen-bond donors (Lipinski definition) is 2. The lowest BCUT2D eigenvalue weighted by Gasteiger charge is -2.26. The number of rotatable bonds is 6. The Labute approximate surface area is 113 Å². The number of anilines is 2. The summed E-state index contributed by atoms with van der Waals surface area (Å²) in [7, 11) is 1.73. The van der Waals surface area contributed by atoms with E-state index in [-0.39, 0.29) is 5.60 Å². The van der Waals surface area contributed by atoms with Crippen LogP contribution >= 0.6 is 0 Å². The summed E-state index contributed by atoms with van der Waals surface area (Å²) < 4.78 is 11.0. The second-order valence-corrected chi connectivity index (χ2v) is 4.76. The van der Waals surface area contributed by atoms with Gasteiger partial charge in [-0.15, -0.1) is 0 Å². The third-order valence-electron chi connectivity index (χ3n) is 3.29. The van der Waals surface area contributed by atoms with Crippen LogP contribution in [0.25, 0.3) is 0 Å². The predicted octanol–water partition coefficient (Wildman–Crippen LogP) is 1.43. The fraction of sp³-hybridized carbons (Fsp3) is 0.692. The highest BCUT2D eigenvalue weighted by atomic mass is 16.5. The molecule has 1 fully saturated rings. The molecular weight excluding hydrogens is 244 g/mol. The molecule has 0 aliphatic carbocycles.